The Morgan fingerprint density at radius 1 is 1.40 bits per heavy atom. The van der Waals surface area contributed by atoms with E-state index in [9.17, 15) is 9.59 Å². The molecule has 0 aliphatic carbocycles. The van der Waals surface area contributed by atoms with E-state index >= 15 is 0 Å². The van der Waals surface area contributed by atoms with Crippen molar-refractivity contribution in [1.29, 1.82) is 0 Å². The number of ether oxygens (including phenoxy) is 1. The number of aromatic nitrogens is 3. The molecule has 0 bridgehead atoms. The second-order valence-corrected chi connectivity index (χ2v) is 5.46. The Bertz CT molecular complexity index is 504. The highest BCUT2D eigenvalue weighted by Crippen LogP contribution is 2.08. The van der Waals surface area contributed by atoms with Crippen molar-refractivity contribution in [1.82, 2.24) is 20.1 Å². The third-order valence-corrected chi connectivity index (χ3v) is 2.56. The number of amides is 1. The van der Waals surface area contributed by atoms with Gasteiger partial charge in [-0.3, -0.25) is 0 Å². The molecule has 112 valence electrons. The number of hydrogen-bond donors (Lipinski definition) is 2. The molecule has 0 spiro atoms. The van der Waals surface area contributed by atoms with Crippen LogP contribution < -0.4 is 5.32 Å². The van der Waals surface area contributed by atoms with Crippen molar-refractivity contribution in [2.75, 3.05) is 0 Å². The summed E-state index contributed by atoms with van der Waals surface area (Å²) in [6.45, 7) is 6.87. The molecule has 20 heavy (non-hydrogen) atoms. The van der Waals surface area contributed by atoms with Crippen LogP contribution in [0.5, 0.6) is 0 Å². The van der Waals surface area contributed by atoms with Gasteiger partial charge >= 0.3 is 12.1 Å². The van der Waals surface area contributed by atoms with Gasteiger partial charge in [-0.25, -0.2) is 9.59 Å². The number of rotatable bonds is 4. The average molecular weight is 284 g/mol. The quantitative estimate of drug-likeness (QED) is 0.840. The number of nitrogens with zero attached hydrogens (tertiary/aromatic N) is 3. The van der Waals surface area contributed by atoms with Crippen LogP contribution in [-0.4, -0.2) is 43.6 Å². The summed E-state index contributed by atoms with van der Waals surface area (Å²) in [5.74, 6) is -0.0103. The molecule has 0 saturated carbocycles. The Balaban J connectivity index is 2.73. The predicted molar refractivity (Wildman–Crippen MR) is 70.2 cm³/mol. The smallest absolute Gasteiger partial charge is 0.408 e. The monoisotopic (exact) mass is 284 g/mol. The molecule has 2 N–H and O–H groups in total. The Hall–Kier alpha value is -2.12. The maximum absolute atomic E-state index is 11.6. The molecule has 1 amide bonds. The largest absolute Gasteiger partial charge is 0.480 e. The predicted octanol–water partition coefficient (Wildman–Crippen LogP) is 0.644. The molecule has 1 atom stereocenters. The van der Waals surface area contributed by atoms with Crippen molar-refractivity contribution in [3.05, 3.63) is 11.6 Å². The molecule has 1 aromatic heterocycles. The molecule has 8 heteroatoms. The molecule has 0 radical (unpaired) electrons. The van der Waals surface area contributed by atoms with Gasteiger partial charge in [-0.15, -0.1) is 10.2 Å². The number of nitrogens with one attached hydrogen (secondary N) is 1. The maximum atomic E-state index is 11.6. The van der Waals surface area contributed by atoms with Gasteiger partial charge in [-0.1, -0.05) is 0 Å². The molecule has 0 aliphatic rings. The molecule has 1 rings (SSSR count). The molecule has 0 aliphatic heterocycles. The molecule has 0 aromatic carbocycles. The highest BCUT2D eigenvalue weighted by atomic mass is 16.6. The molecular weight excluding hydrogens is 264 g/mol. The summed E-state index contributed by atoms with van der Waals surface area (Å²) in [5.41, 5.74) is -0.686. The van der Waals surface area contributed by atoms with Crippen molar-refractivity contribution >= 4 is 12.1 Å². The Kier molecular flexibility index (Phi) is 4.69. The molecule has 1 aromatic rings. The van der Waals surface area contributed by atoms with E-state index in [-0.39, 0.29) is 6.42 Å². The first kappa shape index (κ1) is 15.9. The number of carboxylic acids is 1. The minimum atomic E-state index is -1.16. The van der Waals surface area contributed by atoms with E-state index in [1.807, 2.05) is 0 Å². The normalized spacial score (nSPS) is 12.8. The number of alkyl carbamates (subject to hydrolysis) is 1. The van der Waals surface area contributed by atoms with E-state index in [0.717, 1.165) is 0 Å². The minimum absolute atomic E-state index is 0.0336. The second-order valence-electron chi connectivity index (χ2n) is 5.46. The van der Waals surface area contributed by atoms with Crippen molar-refractivity contribution in [3.8, 4) is 0 Å². The van der Waals surface area contributed by atoms with Gasteiger partial charge in [0.15, 0.2) is 0 Å². The van der Waals surface area contributed by atoms with Gasteiger partial charge in [0.2, 0.25) is 0 Å². The summed E-state index contributed by atoms with van der Waals surface area (Å²) >= 11 is 0. The van der Waals surface area contributed by atoms with Gasteiger partial charge in [0.25, 0.3) is 0 Å². The number of aryl methyl sites for hydroxylation is 1. The Labute approximate surface area is 117 Å². The van der Waals surface area contributed by atoms with Crippen LogP contribution in [0.25, 0.3) is 0 Å². The zero-order chi connectivity index (χ0) is 15.5. The van der Waals surface area contributed by atoms with Gasteiger partial charge in [0.05, 0.1) is 0 Å². The summed E-state index contributed by atoms with van der Waals surface area (Å²) in [6, 6.07) is -1.12. The number of carboxylic acid groups (broad SMARTS) is 1. The van der Waals surface area contributed by atoms with Crippen LogP contribution in [0, 0.1) is 6.92 Å². The molecule has 8 nitrogen and oxygen atoms in total. The number of hydrogen-bond acceptors (Lipinski definition) is 5. The molecule has 0 fully saturated rings. The van der Waals surface area contributed by atoms with Crippen LogP contribution in [0.2, 0.25) is 0 Å². The average Bonchev–Trinajstić information content (AvgIpc) is 2.57. The molecule has 1 heterocycles. The van der Waals surface area contributed by atoms with Gasteiger partial charge < -0.3 is 19.7 Å². The fourth-order valence-corrected chi connectivity index (χ4v) is 1.46. The highest BCUT2D eigenvalue weighted by molar-refractivity contribution is 5.80. The van der Waals surface area contributed by atoms with Gasteiger partial charge in [0.1, 0.15) is 23.3 Å². The van der Waals surface area contributed by atoms with Crippen molar-refractivity contribution in [2.24, 2.45) is 7.05 Å². The van der Waals surface area contributed by atoms with Crippen molar-refractivity contribution < 1.29 is 19.4 Å². The summed E-state index contributed by atoms with van der Waals surface area (Å²) in [7, 11) is 1.73. The fraction of sp³-hybridized carbons (Fsp3) is 0.667. The van der Waals surface area contributed by atoms with Crippen LogP contribution in [0.15, 0.2) is 0 Å². The first-order valence-corrected chi connectivity index (χ1v) is 6.17. The van der Waals surface area contributed by atoms with E-state index in [4.69, 9.17) is 9.84 Å². The van der Waals surface area contributed by atoms with Crippen molar-refractivity contribution in [2.45, 2.75) is 45.8 Å². The van der Waals surface area contributed by atoms with E-state index in [0.29, 0.717) is 11.6 Å². The van der Waals surface area contributed by atoms with E-state index in [1.54, 1.807) is 39.3 Å². The summed E-state index contributed by atoms with van der Waals surface area (Å²) < 4.78 is 6.71. The minimum Gasteiger partial charge on any atom is -0.480 e. The SMILES string of the molecule is Cc1nnc(CC(NC(=O)OC(C)(C)C)C(=O)O)n1C. The highest BCUT2D eigenvalue weighted by Gasteiger charge is 2.25. The second kappa shape index (κ2) is 5.89. The summed E-state index contributed by atoms with van der Waals surface area (Å²) in [6.07, 6.45) is -0.741. The van der Waals surface area contributed by atoms with E-state index in [1.165, 1.54) is 0 Å². The van der Waals surface area contributed by atoms with Gasteiger partial charge in [-0.2, -0.15) is 0 Å². The number of carbonyl (C=O) groups excluding carboxylic acids is 1. The van der Waals surface area contributed by atoms with Crippen molar-refractivity contribution in [3.63, 3.8) is 0 Å². The summed E-state index contributed by atoms with van der Waals surface area (Å²) in [4.78, 5) is 22.8. The molecule has 1 unspecified atom stereocenters. The lowest BCUT2D eigenvalue weighted by molar-refractivity contribution is -0.139. The fourth-order valence-electron chi connectivity index (χ4n) is 1.46. The lowest BCUT2D eigenvalue weighted by Gasteiger charge is -2.21. The molecular formula is C12H20N4O4. The number of carbonyl (C=O) groups is 2. The van der Waals surface area contributed by atoms with Crippen LogP contribution in [0.4, 0.5) is 4.79 Å². The van der Waals surface area contributed by atoms with E-state index in [2.05, 4.69) is 15.5 Å². The summed E-state index contributed by atoms with van der Waals surface area (Å²) in [5, 5.41) is 19.2. The van der Waals surface area contributed by atoms with Gasteiger partial charge in [0, 0.05) is 13.5 Å². The Morgan fingerprint density at radius 3 is 2.40 bits per heavy atom. The first-order chi connectivity index (χ1) is 9.10. The molecule has 0 saturated heterocycles. The lowest BCUT2D eigenvalue weighted by Crippen LogP contribution is -2.45. The van der Waals surface area contributed by atoms with Crippen LogP contribution in [-0.2, 0) is 23.0 Å². The van der Waals surface area contributed by atoms with Crippen LogP contribution in [0.1, 0.15) is 32.4 Å². The standard InChI is InChI=1S/C12H20N4O4/c1-7-14-15-9(16(7)5)6-8(10(17)18)13-11(19)20-12(2,3)4/h8H,6H2,1-5H3,(H,13,19)(H,17,18). The Morgan fingerprint density at radius 2 is 2.00 bits per heavy atom. The third-order valence-electron chi connectivity index (χ3n) is 2.56. The number of aliphatic carboxylic acids is 1. The lowest BCUT2D eigenvalue weighted by atomic mass is 10.2. The van der Waals surface area contributed by atoms with E-state index < -0.39 is 23.7 Å². The van der Waals surface area contributed by atoms with Crippen LogP contribution >= 0.6 is 0 Å². The zero-order valence-electron chi connectivity index (χ0n) is 12.3. The third kappa shape index (κ3) is 4.52. The first-order valence-electron chi connectivity index (χ1n) is 6.17. The zero-order valence-corrected chi connectivity index (χ0v) is 12.3. The van der Waals surface area contributed by atoms with Gasteiger partial charge in [-0.05, 0) is 27.7 Å². The maximum Gasteiger partial charge on any atom is 0.408 e. The van der Waals surface area contributed by atoms with Crippen LogP contribution in [0.3, 0.4) is 0 Å². The topological polar surface area (TPSA) is 106 Å².